The van der Waals surface area contributed by atoms with Gasteiger partial charge in [0.2, 0.25) is 0 Å². The van der Waals surface area contributed by atoms with Gasteiger partial charge in [-0.2, -0.15) is 0 Å². The van der Waals surface area contributed by atoms with Crippen LogP contribution in [0.15, 0.2) is 36.4 Å². The highest BCUT2D eigenvalue weighted by atomic mass is 19.1. The molecular formula is C19H17FO5. The Kier molecular flexibility index (Phi) is 4.88. The second-order valence-electron chi connectivity index (χ2n) is 5.29. The van der Waals surface area contributed by atoms with Gasteiger partial charge < -0.3 is 18.9 Å². The van der Waals surface area contributed by atoms with Crippen LogP contribution in [0, 0.1) is 5.82 Å². The number of hydrogen-bond acceptors (Lipinski definition) is 5. The van der Waals surface area contributed by atoms with E-state index in [0.29, 0.717) is 41.6 Å². The molecule has 0 saturated heterocycles. The number of benzene rings is 2. The Labute approximate surface area is 144 Å². The first-order valence-corrected chi connectivity index (χ1v) is 7.66. The molecule has 130 valence electrons. The number of ether oxygens (including phenoxy) is 4. The number of hydrogen-bond donors (Lipinski definition) is 0. The molecule has 1 heterocycles. The van der Waals surface area contributed by atoms with Gasteiger partial charge in [0.05, 0.1) is 19.8 Å². The summed E-state index contributed by atoms with van der Waals surface area (Å²) in [6.45, 7) is 0.875. The quantitative estimate of drug-likeness (QED) is 0.614. The lowest BCUT2D eigenvalue weighted by atomic mass is 10.1. The molecule has 5 nitrogen and oxygen atoms in total. The summed E-state index contributed by atoms with van der Waals surface area (Å²) < 4.78 is 34.8. The highest BCUT2D eigenvalue weighted by molar-refractivity contribution is 6.09. The van der Waals surface area contributed by atoms with Gasteiger partial charge in [0, 0.05) is 6.07 Å². The monoisotopic (exact) mass is 344 g/mol. The van der Waals surface area contributed by atoms with E-state index in [1.54, 1.807) is 18.2 Å². The molecule has 25 heavy (non-hydrogen) atoms. The van der Waals surface area contributed by atoms with Gasteiger partial charge in [-0.05, 0) is 29.8 Å². The summed E-state index contributed by atoms with van der Waals surface area (Å²) in [5.41, 5.74) is 0.889. The van der Waals surface area contributed by atoms with Gasteiger partial charge in [-0.1, -0.05) is 12.1 Å². The normalized spacial score (nSPS) is 12.9. The van der Waals surface area contributed by atoms with E-state index in [4.69, 9.17) is 18.9 Å². The number of rotatable bonds is 5. The maximum Gasteiger partial charge on any atom is 0.189 e. The maximum absolute atomic E-state index is 13.7. The predicted octanol–water partition coefficient (Wildman–Crippen LogP) is 3.51. The molecule has 0 aromatic heterocycles. The summed E-state index contributed by atoms with van der Waals surface area (Å²) in [4.78, 5) is 12.5. The highest BCUT2D eigenvalue weighted by Gasteiger charge is 2.19. The molecule has 0 atom stereocenters. The molecule has 0 radical (unpaired) electrons. The van der Waals surface area contributed by atoms with Gasteiger partial charge in [0.25, 0.3) is 0 Å². The van der Waals surface area contributed by atoms with Crippen LogP contribution in [0.4, 0.5) is 4.39 Å². The van der Waals surface area contributed by atoms with Gasteiger partial charge in [0.15, 0.2) is 28.8 Å². The van der Waals surface area contributed by atoms with Crippen LogP contribution in [0.25, 0.3) is 6.08 Å². The Hall–Kier alpha value is -3.02. The van der Waals surface area contributed by atoms with E-state index in [0.717, 1.165) is 0 Å². The van der Waals surface area contributed by atoms with Crippen molar-refractivity contribution in [2.45, 2.75) is 0 Å². The average Bonchev–Trinajstić information content (AvgIpc) is 2.65. The predicted molar refractivity (Wildman–Crippen MR) is 90.3 cm³/mol. The van der Waals surface area contributed by atoms with Crippen LogP contribution in [-0.4, -0.2) is 33.2 Å². The van der Waals surface area contributed by atoms with Crippen LogP contribution in [0.3, 0.4) is 0 Å². The minimum absolute atomic E-state index is 0.150. The number of fused-ring (bicyclic) bond motifs is 1. The van der Waals surface area contributed by atoms with E-state index in [-0.39, 0.29) is 11.5 Å². The summed E-state index contributed by atoms with van der Waals surface area (Å²) in [6, 6.07) is 7.68. The molecule has 0 bridgehead atoms. The van der Waals surface area contributed by atoms with Gasteiger partial charge in [-0.25, -0.2) is 4.39 Å². The van der Waals surface area contributed by atoms with E-state index in [1.807, 2.05) is 0 Å². The molecule has 0 spiro atoms. The number of halogens is 1. The van der Waals surface area contributed by atoms with Crippen LogP contribution in [0.5, 0.6) is 23.0 Å². The fourth-order valence-electron chi connectivity index (χ4n) is 2.48. The SMILES string of the molecule is COc1ccc(C=CC(=O)c2cc3c(cc2OC)OCCO3)cc1F. The summed E-state index contributed by atoms with van der Waals surface area (Å²) >= 11 is 0. The maximum atomic E-state index is 13.7. The second-order valence-corrected chi connectivity index (χ2v) is 5.29. The molecule has 3 rings (SSSR count). The Balaban J connectivity index is 1.86. The molecule has 2 aromatic rings. The van der Waals surface area contributed by atoms with Crippen LogP contribution in [0.2, 0.25) is 0 Å². The van der Waals surface area contributed by atoms with Gasteiger partial charge in [-0.15, -0.1) is 0 Å². The zero-order valence-electron chi connectivity index (χ0n) is 13.9. The van der Waals surface area contributed by atoms with Crippen molar-refractivity contribution in [3.63, 3.8) is 0 Å². The van der Waals surface area contributed by atoms with E-state index in [1.165, 1.54) is 38.5 Å². The van der Waals surface area contributed by atoms with Crippen LogP contribution >= 0.6 is 0 Å². The molecule has 0 N–H and O–H groups in total. The Bertz CT molecular complexity index is 829. The van der Waals surface area contributed by atoms with E-state index in [9.17, 15) is 9.18 Å². The van der Waals surface area contributed by atoms with Crippen molar-refractivity contribution >= 4 is 11.9 Å². The van der Waals surface area contributed by atoms with Crippen molar-refractivity contribution in [3.05, 3.63) is 53.4 Å². The number of carbonyl (C=O) groups excluding carboxylic acids is 1. The molecular weight excluding hydrogens is 327 g/mol. The van der Waals surface area contributed by atoms with Gasteiger partial charge >= 0.3 is 0 Å². The van der Waals surface area contributed by atoms with Crippen molar-refractivity contribution in [1.82, 2.24) is 0 Å². The zero-order chi connectivity index (χ0) is 17.8. The first-order chi connectivity index (χ1) is 12.1. The second kappa shape index (κ2) is 7.25. The summed E-state index contributed by atoms with van der Waals surface area (Å²) in [7, 11) is 2.87. The van der Waals surface area contributed by atoms with Gasteiger partial charge in [-0.3, -0.25) is 4.79 Å². The molecule has 0 unspecified atom stereocenters. The summed E-state index contributed by atoms with van der Waals surface area (Å²) in [5.74, 6) is 0.802. The smallest absolute Gasteiger partial charge is 0.189 e. The lowest BCUT2D eigenvalue weighted by Crippen LogP contribution is -2.16. The van der Waals surface area contributed by atoms with Crippen molar-refractivity contribution in [1.29, 1.82) is 0 Å². The van der Waals surface area contributed by atoms with E-state index in [2.05, 4.69) is 0 Å². The Morgan fingerprint density at radius 1 is 1.04 bits per heavy atom. The molecule has 1 aliphatic heterocycles. The molecule has 0 fully saturated rings. The van der Waals surface area contributed by atoms with Crippen molar-refractivity contribution in [2.24, 2.45) is 0 Å². The molecule has 0 amide bonds. The lowest BCUT2D eigenvalue weighted by molar-refractivity contribution is 0.104. The van der Waals surface area contributed by atoms with Crippen molar-refractivity contribution in [2.75, 3.05) is 27.4 Å². The Morgan fingerprint density at radius 2 is 1.72 bits per heavy atom. The minimum Gasteiger partial charge on any atom is -0.496 e. The average molecular weight is 344 g/mol. The first-order valence-electron chi connectivity index (χ1n) is 7.66. The largest absolute Gasteiger partial charge is 0.496 e. The highest BCUT2D eigenvalue weighted by Crippen LogP contribution is 2.37. The summed E-state index contributed by atoms with van der Waals surface area (Å²) in [5, 5.41) is 0. The fraction of sp³-hybridized carbons (Fsp3) is 0.211. The van der Waals surface area contributed by atoms with Gasteiger partial charge in [0.1, 0.15) is 19.0 Å². The topological polar surface area (TPSA) is 54.0 Å². The molecule has 0 aliphatic carbocycles. The molecule has 6 heteroatoms. The van der Waals surface area contributed by atoms with Crippen molar-refractivity contribution in [3.8, 4) is 23.0 Å². The Morgan fingerprint density at radius 3 is 2.36 bits per heavy atom. The van der Waals surface area contributed by atoms with Crippen molar-refractivity contribution < 1.29 is 28.1 Å². The third kappa shape index (κ3) is 3.57. The number of methoxy groups -OCH3 is 2. The third-order valence-electron chi connectivity index (χ3n) is 3.73. The lowest BCUT2D eigenvalue weighted by Gasteiger charge is -2.20. The fourth-order valence-corrected chi connectivity index (χ4v) is 2.48. The van der Waals surface area contributed by atoms with Crippen LogP contribution in [0.1, 0.15) is 15.9 Å². The molecule has 0 saturated carbocycles. The number of allylic oxidation sites excluding steroid dienone is 1. The van der Waals surface area contributed by atoms with Crippen LogP contribution in [-0.2, 0) is 0 Å². The molecule has 2 aromatic carbocycles. The first kappa shape index (κ1) is 16.8. The standard InChI is InChI=1S/C19H17FO5/c1-22-16-6-4-12(9-14(16)20)3-5-15(21)13-10-18-19(11-17(13)23-2)25-8-7-24-18/h3-6,9-11H,7-8H2,1-2H3. The zero-order valence-corrected chi connectivity index (χ0v) is 13.9. The number of ketones is 1. The number of carbonyl (C=O) groups is 1. The van der Waals surface area contributed by atoms with Crippen LogP contribution < -0.4 is 18.9 Å². The third-order valence-corrected chi connectivity index (χ3v) is 3.73. The van der Waals surface area contributed by atoms with E-state index >= 15 is 0 Å². The summed E-state index contributed by atoms with van der Waals surface area (Å²) in [6.07, 6.45) is 2.89. The van der Waals surface area contributed by atoms with E-state index < -0.39 is 5.82 Å². The minimum atomic E-state index is -0.492. The molecule has 1 aliphatic rings.